The molecule has 1 aliphatic carbocycles. The number of hydrogen-bond acceptors (Lipinski definition) is 6. The van der Waals surface area contributed by atoms with E-state index in [9.17, 15) is 26.4 Å². The number of nitrogens with one attached hydrogen (secondary N) is 2. The first-order chi connectivity index (χ1) is 19.4. The SMILES string of the molecule is O=C(CC1CCC1)c1ccc2nc(-c3cccc(NS(=O)(=O)NCCC4=CCC=N4)c3)cn2c1.O=C(O)C(F)(F)F. The largest absolute Gasteiger partial charge is 0.490 e. The van der Waals surface area contributed by atoms with E-state index in [0.717, 1.165) is 36.2 Å². The number of pyridine rings is 1. The number of ketones is 1. The van der Waals surface area contributed by atoms with Crippen LogP contribution in [0.1, 0.15) is 48.9 Å². The number of rotatable bonds is 10. The molecule has 2 aliphatic rings. The van der Waals surface area contributed by atoms with Gasteiger partial charge < -0.3 is 9.51 Å². The lowest BCUT2D eigenvalue weighted by molar-refractivity contribution is -0.192. The molecule has 3 aromatic rings. The molecule has 3 heterocycles. The second-order valence-corrected chi connectivity index (χ2v) is 11.1. The van der Waals surface area contributed by atoms with E-state index in [1.165, 1.54) is 6.42 Å². The van der Waals surface area contributed by atoms with E-state index < -0.39 is 22.4 Å². The summed E-state index contributed by atoms with van der Waals surface area (Å²) in [5.41, 5.74) is 4.23. The molecule has 0 unspecified atom stereocenters. The fourth-order valence-corrected chi connectivity index (χ4v) is 5.08. The number of benzene rings is 1. The molecule has 0 radical (unpaired) electrons. The number of halogens is 3. The number of alkyl halides is 3. The molecule has 14 heteroatoms. The number of aliphatic imine (C=N–C) groups is 1. The summed E-state index contributed by atoms with van der Waals surface area (Å²) < 4.78 is 63.6. The smallest absolute Gasteiger partial charge is 0.475 e. The number of hydrogen-bond donors (Lipinski definition) is 3. The molecule has 0 atom stereocenters. The maximum absolute atomic E-state index is 12.6. The van der Waals surface area contributed by atoms with Gasteiger partial charge in [0.25, 0.3) is 10.2 Å². The highest BCUT2D eigenvalue weighted by atomic mass is 32.2. The minimum atomic E-state index is -5.08. The van der Waals surface area contributed by atoms with Crippen molar-refractivity contribution in [2.75, 3.05) is 11.3 Å². The third-order valence-corrected chi connectivity index (χ3v) is 7.60. The van der Waals surface area contributed by atoms with E-state index >= 15 is 0 Å². The molecule has 0 spiro atoms. The molecule has 3 N–H and O–H groups in total. The topological polar surface area (TPSA) is 142 Å². The van der Waals surface area contributed by atoms with Crippen LogP contribution in [0.25, 0.3) is 16.9 Å². The minimum Gasteiger partial charge on any atom is -0.475 e. The van der Waals surface area contributed by atoms with Gasteiger partial charge in [0.05, 0.1) is 11.4 Å². The van der Waals surface area contributed by atoms with Crippen LogP contribution in [0.4, 0.5) is 18.9 Å². The second kappa shape index (κ2) is 12.6. The highest BCUT2D eigenvalue weighted by molar-refractivity contribution is 7.90. The molecule has 0 amide bonds. The monoisotopic (exact) mass is 591 g/mol. The highest BCUT2D eigenvalue weighted by Crippen LogP contribution is 2.31. The number of Topliss-reactive ketones (excluding diaryl/α,β-unsaturated/α-hetero) is 1. The Morgan fingerprint density at radius 3 is 2.51 bits per heavy atom. The second-order valence-electron chi connectivity index (χ2n) is 9.61. The van der Waals surface area contributed by atoms with Crippen LogP contribution >= 0.6 is 0 Å². The lowest BCUT2D eigenvalue weighted by Crippen LogP contribution is -2.31. The standard InChI is InChI=1S/C25H27N5O3S.C2HF3O2/c31-24(14-18-4-1-5-18)20-9-10-25-28-23(17-30(25)16-20)19-6-2-7-22(15-19)29-34(32,33)27-13-11-21-8-3-12-26-21;3-2(4,5)1(6)7/h2,6-10,12,15-18,27,29H,1,3-5,11,13-14H2;(H,6,7). The zero-order valence-electron chi connectivity index (χ0n) is 21.8. The molecule has 1 aliphatic heterocycles. The summed E-state index contributed by atoms with van der Waals surface area (Å²) in [5, 5.41) is 7.12. The van der Waals surface area contributed by atoms with Crippen molar-refractivity contribution in [2.45, 2.75) is 44.7 Å². The summed E-state index contributed by atoms with van der Waals surface area (Å²) in [6, 6.07) is 10.8. The van der Waals surface area contributed by atoms with Crippen molar-refractivity contribution < 1.29 is 36.3 Å². The number of carbonyl (C=O) groups is 2. The van der Waals surface area contributed by atoms with Crippen LogP contribution in [-0.2, 0) is 15.0 Å². The van der Waals surface area contributed by atoms with Crippen molar-refractivity contribution >= 4 is 39.5 Å². The molecule has 0 saturated heterocycles. The van der Waals surface area contributed by atoms with Crippen molar-refractivity contribution in [3.05, 3.63) is 66.1 Å². The van der Waals surface area contributed by atoms with Gasteiger partial charge in [0.1, 0.15) is 5.65 Å². The number of allylic oxidation sites excluding steroid dienone is 1. The summed E-state index contributed by atoms with van der Waals surface area (Å²) >= 11 is 0. The van der Waals surface area contributed by atoms with Gasteiger partial charge in [-0.15, -0.1) is 0 Å². The van der Waals surface area contributed by atoms with Crippen LogP contribution in [-0.4, -0.2) is 53.6 Å². The third kappa shape index (κ3) is 8.47. The number of carboxylic acids is 1. The summed E-state index contributed by atoms with van der Waals surface area (Å²) in [7, 11) is -3.71. The zero-order chi connectivity index (χ0) is 29.6. The Kier molecular flexibility index (Phi) is 9.23. The number of fused-ring (bicyclic) bond motifs is 1. The van der Waals surface area contributed by atoms with Crippen molar-refractivity contribution in [1.82, 2.24) is 14.1 Å². The van der Waals surface area contributed by atoms with Crippen LogP contribution in [0.15, 0.2) is 65.6 Å². The lowest BCUT2D eigenvalue weighted by Gasteiger charge is -2.24. The van der Waals surface area contributed by atoms with Gasteiger partial charge in [-0.25, -0.2) is 9.78 Å². The van der Waals surface area contributed by atoms with Crippen LogP contribution in [0.2, 0.25) is 0 Å². The predicted octanol–water partition coefficient (Wildman–Crippen LogP) is 5.00. The van der Waals surface area contributed by atoms with Gasteiger partial charge in [-0.3, -0.25) is 14.5 Å². The normalized spacial score (nSPS) is 15.1. The van der Waals surface area contributed by atoms with Gasteiger partial charge in [0.2, 0.25) is 0 Å². The number of aromatic nitrogens is 2. The van der Waals surface area contributed by atoms with Crippen molar-refractivity contribution in [1.29, 1.82) is 0 Å². The fourth-order valence-electron chi connectivity index (χ4n) is 4.20. The average Bonchev–Trinajstić information content (AvgIpc) is 3.55. The average molecular weight is 592 g/mol. The first kappa shape index (κ1) is 29.9. The quantitative estimate of drug-likeness (QED) is 0.283. The van der Waals surface area contributed by atoms with E-state index in [1.807, 2.05) is 41.1 Å². The number of imidazole rings is 1. The van der Waals surface area contributed by atoms with Gasteiger partial charge >= 0.3 is 12.1 Å². The highest BCUT2D eigenvalue weighted by Gasteiger charge is 2.38. The maximum atomic E-state index is 12.6. The predicted molar refractivity (Wildman–Crippen MR) is 147 cm³/mol. The van der Waals surface area contributed by atoms with Crippen LogP contribution in [0.5, 0.6) is 0 Å². The molecule has 1 saturated carbocycles. The molecular weight excluding hydrogens is 563 g/mol. The van der Waals surface area contributed by atoms with Crippen LogP contribution in [0.3, 0.4) is 0 Å². The molecule has 0 bridgehead atoms. The first-order valence-electron chi connectivity index (χ1n) is 12.8. The Balaban J connectivity index is 0.000000493. The van der Waals surface area contributed by atoms with Gasteiger partial charge in [-0.05, 0) is 30.2 Å². The molecule has 2 aromatic heterocycles. The van der Waals surface area contributed by atoms with Gasteiger partial charge in [0.15, 0.2) is 5.78 Å². The molecule has 1 fully saturated rings. The molecule has 1 aromatic carbocycles. The summed E-state index contributed by atoms with van der Waals surface area (Å²) in [4.78, 5) is 30.3. The minimum absolute atomic E-state index is 0.168. The summed E-state index contributed by atoms with van der Waals surface area (Å²) in [6.07, 6.45) is 7.85. The maximum Gasteiger partial charge on any atom is 0.490 e. The van der Waals surface area contributed by atoms with E-state index in [4.69, 9.17) is 9.90 Å². The molecule has 5 rings (SSSR count). The molecule has 218 valence electrons. The van der Waals surface area contributed by atoms with Gasteiger partial charge in [0, 0.05) is 61.2 Å². The summed E-state index contributed by atoms with van der Waals surface area (Å²) in [6.45, 7) is 0.270. The third-order valence-electron chi connectivity index (χ3n) is 6.51. The zero-order valence-corrected chi connectivity index (χ0v) is 22.6. The fraction of sp³-hybridized carbons (Fsp3) is 0.333. The Labute approximate surface area is 234 Å². The Hall–Kier alpha value is -4.04. The van der Waals surface area contributed by atoms with Gasteiger partial charge in [-0.1, -0.05) is 37.5 Å². The number of nitrogens with zero attached hydrogens (tertiary/aromatic N) is 3. The first-order valence-corrected chi connectivity index (χ1v) is 14.3. The Morgan fingerprint density at radius 2 is 1.88 bits per heavy atom. The van der Waals surface area contributed by atoms with E-state index in [0.29, 0.717) is 35.7 Å². The lowest BCUT2D eigenvalue weighted by atomic mass is 9.81. The van der Waals surface area contributed by atoms with E-state index in [-0.39, 0.29) is 12.3 Å². The molecule has 41 heavy (non-hydrogen) atoms. The van der Waals surface area contributed by atoms with Crippen molar-refractivity contribution in [2.24, 2.45) is 10.9 Å². The number of carbonyl (C=O) groups excluding carboxylic acids is 1. The van der Waals surface area contributed by atoms with E-state index in [1.54, 1.807) is 24.4 Å². The van der Waals surface area contributed by atoms with Crippen molar-refractivity contribution in [3.63, 3.8) is 0 Å². The van der Waals surface area contributed by atoms with Crippen LogP contribution in [0, 0.1) is 5.92 Å². The van der Waals surface area contributed by atoms with Gasteiger partial charge in [-0.2, -0.15) is 26.3 Å². The Morgan fingerprint density at radius 1 is 1.12 bits per heavy atom. The number of carboxylic acid groups (broad SMARTS) is 1. The van der Waals surface area contributed by atoms with E-state index in [2.05, 4.69) is 19.4 Å². The Bertz CT molecular complexity index is 1590. The molecule has 10 nitrogen and oxygen atoms in total. The van der Waals surface area contributed by atoms with Crippen LogP contribution < -0.4 is 9.44 Å². The molecular formula is C27H28F3N5O5S. The number of anilines is 1. The summed E-state index contributed by atoms with van der Waals surface area (Å²) in [5.74, 6) is -2.06. The van der Waals surface area contributed by atoms with Crippen molar-refractivity contribution in [3.8, 4) is 11.3 Å². The number of aliphatic carboxylic acids is 1.